The lowest BCUT2D eigenvalue weighted by molar-refractivity contribution is -0.112. The number of anilines is 1. The summed E-state index contributed by atoms with van der Waals surface area (Å²) in [6.07, 6.45) is 5.01. The third kappa shape index (κ3) is 6.83. The number of hydrogen-bond acceptors (Lipinski definition) is 5. The van der Waals surface area contributed by atoms with E-state index in [2.05, 4.69) is 33.4 Å². The Morgan fingerprint density at radius 2 is 2.00 bits per heavy atom. The lowest BCUT2D eigenvalue weighted by atomic mass is 10.1. The van der Waals surface area contributed by atoms with Crippen molar-refractivity contribution in [3.63, 3.8) is 0 Å². The average Bonchev–Trinajstić information content (AvgIpc) is 2.97. The highest BCUT2D eigenvalue weighted by Gasteiger charge is 2.19. The van der Waals surface area contributed by atoms with Gasteiger partial charge in [0, 0.05) is 36.6 Å². The minimum absolute atomic E-state index is 0.0157. The molecule has 0 bridgehead atoms. The minimum atomic E-state index is -3.84. The van der Waals surface area contributed by atoms with Gasteiger partial charge in [-0.05, 0) is 68.5 Å². The fraction of sp³-hybridized carbons (Fsp3) is 0.423. The van der Waals surface area contributed by atoms with Gasteiger partial charge in [-0.25, -0.2) is 8.42 Å². The van der Waals surface area contributed by atoms with Gasteiger partial charge in [-0.15, -0.1) is 0 Å². The Bertz CT molecular complexity index is 1300. The number of nitrogens with one attached hydrogen (secondary N) is 2. The zero-order valence-electron chi connectivity index (χ0n) is 20.8. The van der Waals surface area contributed by atoms with Crippen LogP contribution in [-0.2, 0) is 21.4 Å². The van der Waals surface area contributed by atoms with Crippen LogP contribution in [0.2, 0.25) is 0 Å². The molecule has 1 amide bonds. The smallest absolute Gasteiger partial charge is 0.266 e. The molecule has 35 heavy (non-hydrogen) atoms. The number of amidine groups is 1. The molecule has 1 aliphatic heterocycles. The van der Waals surface area contributed by atoms with E-state index in [4.69, 9.17) is 0 Å². The maximum atomic E-state index is 12.9. The number of nitriles is 1. The van der Waals surface area contributed by atoms with Crippen LogP contribution in [0.3, 0.4) is 0 Å². The molecule has 186 valence electrons. The molecule has 1 aromatic carbocycles. The second-order valence-electron chi connectivity index (χ2n) is 9.23. The first-order chi connectivity index (χ1) is 16.6. The Labute approximate surface area is 207 Å². The number of hydrogen-bond donors (Lipinski definition) is 2. The van der Waals surface area contributed by atoms with Crippen molar-refractivity contribution in [2.75, 3.05) is 11.9 Å². The second kappa shape index (κ2) is 11.4. The predicted octanol–water partition coefficient (Wildman–Crippen LogP) is 4.56. The Balaban J connectivity index is 1.79. The minimum Gasteiger partial charge on any atom is -0.348 e. The Hall–Kier alpha value is -3.38. The van der Waals surface area contributed by atoms with Gasteiger partial charge < -0.3 is 9.88 Å². The fourth-order valence-corrected chi connectivity index (χ4v) is 5.17. The van der Waals surface area contributed by atoms with Crippen LogP contribution in [0.4, 0.5) is 5.69 Å². The summed E-state index contributed by atoms with van der Waals surface area (Å²) < 4.78 is 30.5. The van der Waals surface area contributed by atoms with Crippen LogP contribution < -0.4 is 10.0 Å². The maximum absolute atomic E-state index is 12.9. The molecule has 0 radical (unpaired) electrons. The third-order valence-electron chi connectivity index (χ3n) is 5.85. The van der Waals surface area contributed by atoms with E-state index in [9.17, 15) is 18.5 Å². The van der Waals surface area contributed by atoms with Gasteiger partial charge in [0.2, 0.25) is 0 Å². The molecule has 0 spiro atoms. The molecule has 0 saturated carbocycles. The van der Waals surface area contributed by atoms with Crippen LogP contribution in [0, 0.1) is 31.1 Å². The molecule has 0 saturated heterocycles. The van der Waals surface area contributed by atoms with Crippen LogP contribution in [0.5, 0.6) is 0 Å². The van der Waals surface area contributed by atoms with Crippen LogP contribution in [0.1, 0.15) is 56.5 Å². The average molecular weight is 496 g/mol. The van der Waals surface area contributed by atoms with Crippen molar-refractivity contribution in [2.24, 2.45) is 10.9 Å². The summed E-state index contributed by atoms with van der Waals surface area (Å²) in [6.45, 7) is 9.69. The largest absolute Gasteiger partial charge is 0.348 e. The standard InChI is InChI=1S/C26H33N5O3S/c1-18(2)17-31-19(3)13-21(20(31)4)14-22(16-27)26(32)29-23-9-8-10-24(15-23)35(33,34)30-25-11-6-5-7-12-28-25/h8-10,13-15,18H,5-7,11-12,17H2,1-4H3,(H,28,30)(H,29,32)/b22-14+. The van der Waals surface area contributed by atoms with Gasteiger partial charge in [0.15, 0.2) is 0 Å². The number of rotatable bonds is 7. The number of sulfonamides is 1. The molecule has 9 heteroatoms. The lowest BCUT2D eigenvalue weighted by Crippen LogP contribution is -2.30. The fourth-order valence-electron chi connectivity index (χ4n) is 4.03. The van der Waals surface area contributed by atoms with E-state index in [1.54, 1.807) is 18.2 Å². The summed E-state index contributed by atoms with van der Waals surface area (Å²) >= 11 is 0. The van der Waals surface area contributed by atoms with E-state index in [1.807, 2.05) is 26.0 Å². The molecule has 0 unspecified atom stereocenters. The van der Waals surface area contributed by atoms with Gasteiger partial charge in [0.05, 0.1) is 4.90 Å². The van der Waals surface area contributed by atoms with E-state index in [0.717, 1.165) is 42.8 Å². The summed E-state index contributed by atoms with van der Waals surface area (Å²) in [5.74, 6) is 0.321. The summed E-state index contributed by atoms with van der Waals surface area (Å²) in [5, 5.41) is 12.3. The molecule has 2 aromatic rings. The number of aryl methyl sites for hydroxylation is 1. The van der Waals surface area contributed by atoms with Gasteiger partial charge in [0.25, 0.3) is 15.9 Å². The summed E-state index contributed by atoms with van der Waals surface area (Å²) in [5.41, 5.74) is 3.07. The first kappa shape index (κ1) is 26.2. The van der Waals surface area contributed by atoms with Crippen molar-refractivity contribution in [3.8, 4) is 6.07 Å². The second-order valence-corrected chi connectivity index (χ2v) is 10.9. The Morgan fingerprint density at radius 1 is 1.23 bits per heavy atom. The van der Waals surface area contributed by atoms with E-state index in [-0.39, 0.29) is 16.2 Å². The van der Waals surface area contributed by atoms with Crippen LogP contribution in [0.25, 0.3) is 6.08 Å². The zero-order valence-corrected chi connectivity index (χ0v) is 21.6. The quantitative estimate of drug-likeness (QED) is 0.433. The predicted molar refractivity (Wildman–Crippen MR) is 138 cm³/mol. The van der Waals surface area contributed by atoms with Crippen molar-refractivity contribution in [2.45, 2.75) is 64.8 Å². The number of benzene rings is 1. The molecule has 1 aliphatic rings. The summed E-state index contributed by atoms with van der Waals surface area (Å²) in [6, 6.07) is 9.89. The molecule has 8 nitrogen and oxygen atoms in total. The number of aliphatic imine (C=N–C) groups is 1. The van der Waals surface area contributed by atoms with Crippen molar-refractivity contribution in [1.82, 2.24) is 9.29 Å². The van der Waals surface area contributed by atoms with Crippen molar-refractivity contribution >= 4 is 33.5 Å². The topological polar surface area (TPSA) is 116 Å². The van der Waals surface area contributed by atoms with Crippen molar-refractivity contribution in [1.29, 1.82) is 5.26 Å². The number of nitrogens with zero attached hydrogens (tertiary/aromatic N) is 3. The molecule has 2 heterocycles. The van der Waals surface area contributed by atoms with Gasteiger partial charge in [-0.2, -0.15) is 5.26 Å². The Kier molecular flexibility index (Phi) is 8.52. The molecular weight excluding hydrogens is 462 g/mol. The first-order valence-corrected chi connectivity index (χ1v) is 13.3. The summed E-state index contributed by atoms with van der Waals surface area (Å²) in [7, 11) is -3.84. The molecule has 0 atom stereocenters. The molecule has 2 N–H and O–H groups in total. The monoisotopic (exact) mass is 495 g/mol. The van der Waals surface area contributed by atoms with Gasteiger partial charge in [-0.1, -0.05) is 26.3 Å². The SMILES string of the molecule is Cc1cc(/C=C(\C#N)C(=O)Nc2cccc(S(=O)(=O)NC3=NCCCCC3)c2)c(C)n1CC(C)C. The normalized spacial score (nSPS) is 14.7. The van der Waals surface area contributed by atoms with E-state index in [1.165, 1.54) is 12.1 Å². The van der Waals surface area contributed by atoms with E-state index < -0.39 is 15.9 Å². The zero-order chi connectivity index (χ0) is 25.6. The van der Waals surface area contributed by atoms with Crippen LogP contribution in [0.15, 0.2) is 45.8 Å². The number of carbonyl (C=O) groups is 1. The van der Waals surface area contributed by atoms with Crippen LogP contribution in [-0.4, -0.2) is 31.3 Å². The lowest BCUT2D eigenvalue weighted by Gasteiger charge is -2.12. The van der Waals surface area contributed by atoms with Crippen molar-refractivity contribution < 1.29 is 13.2 Å². The third-order valence-corrected chi connectivity index (χ3v) is 7.23. The van der Waals surface area contributed by atoms with Crippen LogP contribution >= 0.6 is 0 Å². The van der Waals surface area contributed by atoms with E-state index >= 15 is 0 Å². The van der Waals surface area contributed by atoms with Crippen molar-refractivity contribution in [3.05, 3.63) is 52.9 Å². The van der Waals surface area contributed by atoms with Gasteiger partial charge in [-0.3, -0.25) is 14.5 Å². The molecule has 1 aromatic heterocycles. The maximum Gasteiger partial charge on any atom is 0.266 e. The highest BCUT2D eigenvalue weighted by atomic mass is 32.2. The van der Waals surface area contributed by atoms with E-state index in [0.29, 0.717) is 24.7 Å². The molecular formula is C26H33N5O3S. The van der Waals surface area contributed by atoms with Gasteiger partial charge in [0.1, 0.15) is 17.5 Å². The molecule has 0 aliphatic carbocycles. The summed E-state index contributed by atoms with van der Waals surface area (Å²) in [4.78, 5) is 17.2. The number of amides is 1. The Morgan fingerprint density at radius 3 is 2.71 bits per heavy atom. The number of aromatic nitrogens is 1. The molecule has 0 fully saturated rings. The first-order valence-electron chi connectivity index (χ1n) is 11.9. The molecule has 3 rings (SSSR count). The highest BCUT2D eigenvalue weighted by molar-refractivity contribution is 7.90. The van der Waals surface area contributed by atoms with Gasteiger partial charge >= 0.3 is 0 Å². The number of carbonyl (C=O) groups excluding carboxylic acids is 1. The highest BCUT2D eigenvalue weighted by Crippen LogP contribution is 2.21.